The first-order valence-electron chi connectivity index (χ1n) is 30.0. The predicted octanol–water partition coefficient (Wildman–Crippen LogP) is 4.84. The number of rotatable bonds is 29. The van der Waals surface area contributed by atoms with Crippen LogP contribution in [0.2, 0.25) is 0 Å². The molecular formula is C79H92BrK2O12P. The van der Waals surface area contributed by atoms with Crippen LogP contribution in [0, 0.1) is 0 Å². The number of carboxylic acids is 2. The van der Waals surface area contributed by atoms with Crippen molar-refractivity contribution in [2.24, 2.45) is 0 Å². The zero-order chi connectivity index (χ0) is 69.1. The van der Waals surface area contributed by atoms with E-state index < -0.39 is 19.2 Å². The van der Waals surface area contributed by atoms with Crippen molar-refractivity contribution in [3.05, 3.63) is 304 Å². The summed E-state index contributed by atoms with van der Waals surface area (Å²) in [6, 6.07) is 32.0. The summed E-state index contributed by atoms with van der Waals surface area (Å²) in [6.45, 7) is 26.0. The first kappa shape index (κ1) is 95.2. The third-order valence-corrected chi connectivity index (χ3v) is 16.6. The van der Waals surface area contributed by atoms with Crippen molar-refractivity contribution in [3.63, 3.8) is 0 Å². The van der Waals surface area contributed by atoms with Crippen molar-refractivity contribution in [1.82, 2.24) is 0 Å². The quantitative estimate of drug-likeness (QED) is 0.0175. The fraction of sp³-hybridized carbons (Fsp3) is 0.228. The van der Waals surface area contributed by atoms with Crippen LogP contribution in [0.5, 0.6) is 0 Å². The number of hydrogen-bond donors (Lipinski definition) is 0. The SMILES string of the molecule is CC(/C=C/C=C(\C)C(=O)[O-])=C\C=C\C=C(C)\C=C\C=C(/C)C(=O)[O-].CCOC(=O)/C(C)=C/C=C/C(C)=C/C=C/C=C(C)/C=C/C=C(\C)C(=O)OCC.CCOC(=O)/C(C)=C/C[P+](c1ccccc1)(c1ccccc1)c1ccccc1.C\C(C=O)=C/C=C/C=C(\C)C=O.[Br-].[K+].[K+]. The fourth-order valence-electron chi connectivity index (χ4n) is 7.10. The number of halogens is 1. The summed E-state index contributed by atoms with van der Waals surface area (Å²) in [7, 11) is -1.95. The van der Waals surface area contributed by atoms with Crippen molar-refractivity contribution in [2.75, 3.05) is 26.0 Å². The number of aliphatic carboxylic acids is 2. The topological polar surface area (TPSA) is 193 Å². The Hall–Kier alpha value is -6.15. The smallest absolute Gasteiger partial charge is 1.00 e. The van der Waals surface area contributed by atoms with Crippen LogP contribution in [-0.4, -0.2) is 68.4 Å². The number of carbonyl (C=O) groups is 7. The summed E-state index contributed by atoms with van der Waals surface area (Å²) >= 11 is 0. The van der Waals surface area contributed by atoms with Crippen molar-refractivity contribution >= 4 is 65.6 Å². The van der Waals surface area contributed by atoms with E-state index in [1.54, 1.807) is 102 Å². The number of aldehydes is 2. The number of hydrogen-bond acceptors (Lipinski definition) is 12. The number of carbonyl (C=O) groups excluding carboxylic acids is 7. The summed E-state index contributed by atoms with van der Waals surface area (Å²) in [5.74, 6) is -3.20. The maximum Gasteiger partial charge on any atom is 1.00 e. The van der Waals surface area contributed by atoms with Gasteiger partial charge in [0.2, 0.25) is 0 Å². The second-order valence-corrected chi connectivity index (χ2v) is 23.8. The molecule has 0 saturated carbocycles. The van der Waals surface area contributed by atoms with E-state index in [-0.39, 0.29) is 149 Å². The molecule has 494 valence electrons. The van der Waals surface area contributed by atoms with Crippen LogP contribution < -0.4 is 146 Å². The Morgan fingerprint density at radius 1 is 0.347 bits per heavy atom. The van der Waals surface area contributed by atoms with E-state index in [9.17, 15) is 43.8 Å². The molecule has 0 aliphatic rings. The van der Waals surface area contributed by atoms with Gasteiger partial charge in [-0.2, -0.15) is 0 Å². The average Bonchev–Trinajstić information content (AvgIpc) is 0.762. The molecule has 0 N–H and O–H groups in total. The van der Waals surface area contributed by atoms with E-state index in [1.165, 1.54) is 41.9 Å². The van der Waals surface area contributed by atoms with Crippen LogP contribution in [0.3, 0.4) is 0 Å². The van der Waals surface area contributed by atoms with Crippen LogP contribution in [-0.2, 0) is 47.8 Å². The maximum atomic E-state index is 12.2. The van der Waals surface area contributed by atoms with Crippen molar-refractivity contribution < 1.29 is 178 Å². The van der Waals surface area contributed by atoms with Gasteiger partial charge in [-0.15, -0.1) is 0 Å². The van der Waals surface area contributed by atoms with E-state index in [0.717, 1.165) is 41.0 Å². The molecule has 0 unspecified atom stereocenters. The van der Waals surface area contributed by atoms with E-state index in [1.807, 2.05) is 133 Å². The van der Waals surface area contributed by atoms with Crippen LogP contribution in [0.1, 0.15) is 96.9 Å². The molecule has 0 atom stereocenters. The molecule has 0 spiro atoms. The monoisotopic (exact) mass is 1420 g/mol. The Labute approximate surface area is 662 Å². The van der Waals surface area contributed by atoms with Crippen LogP contribution in [0.4, 0.5) is 0 Å². The second kappa shape index (κ2) is 59.1. The van der Waals surface area contributed by atoms with Crippen LogP contribution >= 0.6 is 7.26 Å². The molecule has 3 aromatic carbocycles. The Kier molecular flexibility index (Phi) is 59.3. The van der Waals surface area contributed by atoms with Crippen molar-refractivity contribution in [2.45, 2.75) is 96.9 Å². The van der Waals surface area contributed by atoms with Crippen LogP contribution in [0.25, 0.3) is 0 Å². The summed E-state index contributed by atoms with van der Waals surface area (Å²) in [4.78, 5) is 76.4. The standard InChI is InChI=1S/C25H26O2P.C24H32O4.C20H24O4.C10H12O2.BrH.2K/c1-3-27-25(26)21(2)19-20-28(22-13-7-4-8-14-22,23-15-9-5-10-16-23)24-17-11-6-12-18-24;1-7-27-23(25)21(5)17-11-15-19(3)13-9-10-14-20(4)16-12-18-22(6)24(26)28-8-2;1-15(11-7-13-17(3)19(21)22)9-5-6-10-16(2)12-8-14-18(4)20(23)24;1-9(7-11)5-3-4-6-10(2)8-12;;;/h4-19H,3,20H2,1-2H3;9-18H,7-8H2,1-6H3;5-14H,1-4H3,(H,21,22)(H,23,24);3-8H,1-2H3;1H;;/q+1;;;;;2*+1/p-3/b21-19+;10-9+,15-11+,16-12+,19-13+,20-14+,21-17+,22-18+;6-5+,11-7+,12-8+,15-9+,16-10+,17-13+,18-14+;4-3+,9-5+,10-6+;;;. The average molecular weight is 1420 g/mol. The van der Waals surface area contributed by atoms with E-state index >= 15 is 0 Å². The summed E-state index contributed by atoms with van der Waals surface area (Å²) in [6.07, 6.45) is 47.3. The Morgan fingerprint density at radius 2 is 0.579 bits per heavy atom. The van der Waals surface area contributed by atoms with Crippen molar-refractivity contribution in [1.29, 1.82) is 0 Å². The maximum absolute atomic E-state index is 12.2. The van der Waals surface area contributed by atoms with Gasteiger partial charge in [0, 0.05) is 16.7 Å². The molecule has 0 fully saturated rings. The molecule has 16 heteroatoms. The minimum Gasteiger partial charge on any atom is -1.00 e. The number of ether oxygens (including phenoxy) is 3. The van der Waals surface area contributed by atoms with Gasteiger partial charge < -0.3 is 51.0 Å². The molecule has 0 aliphatic heterocycles. The molecule has 12 nitrogen and oxygen atoms in total. The summed E-state index contributed by atoms with van der Waals surface area (Å²) in [5, 5.41) is 24.9. The molecule has 0 heterocycles. The zero-order valence-electron chi connectivity index (χ0n) is 58.3. The minimum absolute atomic E-state index is 0. The van der Waals surface area contributed by atoms with Gasteiger partial charge in [-0.1, -0.05) is 223 Å². The summed E-state index contributed by atoms with van der Waals surface area (Å²) < 4.78 is 15.0. The molecule has 0 aliphatic carbocycles. The van der Waals surface area contributed by atoms with Gasteiger partial charge in [-0.3, -0.25) is 9.59 Å². The van der Waals surface area contributed by atoms with Gasteiger partial charge in [0.1, 0.15) is 35.7 Å². The van der Waals surface area contributed by atoms with E-state index in [2.05, 4.69) is 78.9 Å². The van der Waals surface area contributed by atoms with Gasteiger partial charge in [-0.25, -0.2) is 14.4 Å². The molecule has 95 heavy (non-hydrogen) atoms. The minimum atomic E-state index is -1.95. The number of carboxylic acid groups (broad SMARTS) is 2. The van der Waals surface area contributed by atoms with Gasteiger partial charge in [-0.05, 0) is 162 Å². The van der Waals surface area contributed by atoms with Crippen LogP contribution in [0.15, 0.2) is 304 Å². The third-order valence-electron chi connectivity index (χ3n) is 12.4. The molecule has 0 radical (unpaired) electrons. The van der Waals surface area contributed by atoms with Crippen molar-refractivity contribution in [3.8, 4) is 0 Å². The zero-order valence-corrected chi connectivity index (χ0v) is 67.0. The molecular weight excluding hydrogens is 1330 g/mol. The summed E-state index contributed by atoms with van der Waals surface area (Å²) in [5.41, 5.74) is 7.48. The Bertz CT molecular complexity index is 3210. The first-order valence-corrected chi connectivity index (χ1v) is 31.9. The van der Waals surface area contributed by atoms with E-state index in [4.69, 9.17) is 14.2 Å². The molecule has 3 rings (SSSR count). The van der Waals surface area contributed by atoms with Gasteiger partial charge in [0.15, 0.2) is 0 Å². The van der Waals surface area contributed by atoms with Gasteiger partial charge in [0.25, 0.3) is 0 Å². The third kappa shape index (κ3) is 45.1. The Balaban J connectivity index is -0.000000595. The molecule has 0 amide bonds. The number of allylic oxidation sites excluding steroid dienone is 31. The normalized spacial score (nSPS) is 13.2. The predicted molar refractivity (Wildman–Crippen MR) is 377 cm³/mol. The second-order valence-electron chi connectivity index (χ2n) is 20.3. The fourth-order valence-corrected chi connectivity index (χ4v) is 11.2. The Morgan fingerprint density at radius 3 is 0.811 bits per heavy atom. The molecule has 0 bridgehead atoms. The molecule has 3 aromatic rings. The van der Waals surface area contributed by atoms with Gasteiger partial charge >= 0.3 is 121 Å². The molecule has 0 saturated heterocycles. The largest absolute Gasteiger partial charge is 1.00 e. The number of benzene rings is 3. The van der Waals surface area contributed by atoms with Gasteiger partial charge in [0.05, 0.1) is 37.9 Å². The number of esters is 3. The molecule has 0 aromatic heterocycles. The van der Waals surface area contributed by atoms with E-state index in [0.29, 0.717) is 47.7 Å². The first-order chi connectivity index (χ1) is 43.9.